The van der Waals surface area contributed by atoms with Crippen molar-refractivity contribution in [3.8, 4) is 0 Å². The summed E-state index contributed by atoms with van der Waals surface area (Å²) in [5.74, 6) is -4.45. The second-order valence-corrected chi connectivity index (χ2v) is 9.24. The first-order valence-corrected chi connectivity index (χ1v) is 12.0. The molecule has 3 rings (SSSR count). The van der Waals surface area contributed by atoms with Gasteiger partial charge in [-0.2, -0.15) is 0 Å². The molecule has 3 saturated heterocycles. The van der Waals surface area contributed by atoms with Crippen LogP contribution in [0, 0.1) is 5.41 Å². The number of carbonyl (C=O) groups excluding carboxylic acids is 8. The Morgan fingerprint density at radius 2 is 1.19 bits per heavy atom. The molecule has 3 heterocycles. The third kappa shape index (κ3) is 6.73. The standard InChI is InChI=1S/C23H29N3O10/c27-13-3-1-2-4-16(28)24-11-9-23(10-12-24,14-21(33)35-25-17(29)5-6-18(25)30)15-22(34)36-26-19(31)7-8-20(26)32/h13H,1-12,14-15H2. The van der Waals surface area contributed by atoms with E-state index >= 15 is 0 Å². The maximum Gasteiger partial charge on any atom is 0.333 e. The number of aldehydes is 1. The summed E-state index contributed by atoms with van der Waals surface area (Å²) in [4.78, 5) is 107. The minimum absolute atomic E-state index is 0.0641. The van der Waals surface area contributed by atoms with Gasteiger partial charge in [0.1, 0.15) is 6.29 Å². The van der Waals surface area contributed by atoms with Crippen LogP contribution in [-0.4, -0.2) is 75.9 Å². The van der Waals surface area contributed by atoms with Gasteiger partial charge in [0.05, 0.1) is 12.8 Å². The molecule has 3 fully saturated rings. The minimum atomic E-state index is -1.04. The van der Waals surface area contributed by atoms with Crippen molar-refractivity contribution in [3.63, 3.8) is 0 Å². The van der Waals surface area contributed by atoms with Gasteiger partial charge in [-0.3, -0.25) is 24.0 Å². The lowest BCUT2D eigenvalue weighted by molar-refractivity contribution is -0.203. The van der Waals surface area contributed by atoms with Gasteiger partial charge in [-0.25, -0.2) is 9.59 Å². The lowest BCUT2D eigenvalue weighted by atomic mass is 9.73. The second-order valence-electron chi connectivity index (χ2n) is 9.24. The second kappa shape index (κ2) is 11.9. The van der Waals surface area contributed by atoms with E-state index in [2.05, 4.69) is 0 Å². The van der Waals surface area contributed by atoms with E-state index in [1.165, 1.54) is 0 Å². The Labute approximate surface area is 206 Å². The highest BCUT2D eigenvalue weighted by Gasteiger charge is 2.43. The van der Waals surface area contributed by atoms with Gasteiger partial charge in [-0.1, -0.05) is 0 Å². The van der Waals surface area contributed by atoms with Gasteiger partial charge in [0.2, 0.25) is 5.91 Å². The van der Waals surface area contributed by atoms with Gasteiger partial charge in [-0.05, 0) is 31.1 Å². The molecule has 0 aromatic carbocycles. The number of rotatable bonds is 11. The molecule has 0 bridgehead atoms. The topological polar surface area (TPSA) is 165 Å². The van der Waals surface area contributed by atoms with Gasteiger partial charge < -0.3 is 19.4 Å². The molecule has 13 nitrogen and oxygen atoms in total. The number of hydrogen-bond donors (Lipinski definition) is 0. The normalized spacial score (nSPS) is 19.6. The van der Waals surface area contributed by atoms with E-state index in [1.807, 2.05) is 0 Å². The SMILES string of the molecule is O=CCCCCC(=O)N1CCC(CC(=O)ON2C(=O)CCC2=O)(CC(=O)ON2C(=O)CCC2=O)CC1. The van der Waals surface area contributed by atoms with Crippen molar-refractivity contribution in [2.45, 2.75) is 77.0 Å². The van der Waals surface area contributed by atoms with E-state index in [1.54, 1.807) is 4.90 Å². The molecule has 0 radical (unpaired) electrons. The molecule has 0 aromatic heterocycles. The Bertz CT molecular complexity index is 868. The molecular weight excluding hydrogens is 478 g/mol. The summed E-state index contributed by atoms with van der Waals surface area (Å²) >= 11 is 0. The fourth-order valence-electron chi connectivity index (χ4n) is 4.50. The van der Waals surface area contributed by atoms with Crippen molar-refractivity contribution < 1.29 is 48.0 Å². The summed E-state index contributed by atoms with van der Waals surface area (Å²) in [5, 5.41) is 0.849. The smallest absolute Gasteiger partial charge is 0.333 e. The van der Waals surface area contributed by atoms with Crippen molar-refractivity contribution in [2.75, 3.05) is 13.1 Å². The van der Waals surface area contributed by atoms with E-state index < -0.39 is 41.0 Å². The van der Waals surface area contributed by atoms with Crippen molar-refractivity contribution in [1.82, 2.24) is 15.0 Å². The molecule has 0 atom stereocenters. The summed E-state index contributed by atoms with van der Waals surface area (Å²) in [6.45, 7) is 0.465. The zero-order valence-electron chi connectivity index (χ0n) is 19.9. The van der Waals surface area contributed by atoms with Crippen LogP contribution in [-0.2, 0) is 48.0 Å². The zero-order valence-corrected chi connectivity index (χ0v) is 19.9. The van der Waals surface area contributed by atoms with Crippen LogP contribution in [0.15, 0.2) is 0 Å². The molecular formula is C23H29N3O10. The fraction of sp³-hybridized carbons (Fsp3) is 0.652. The zero-order chi connectivity index (χ0) is 26.3. The number of imide groups is 2. The van der Waals surface area contributed by atoms with E-state index in [-0.39, 0.29) is 76.8 Å². The van der Waals surface area contributed by atoms with Crippen LogP contribution in [0.4, 0.5) is 0 Å². The molecule has 196 valence electrons. The van der Waals surface area contributed by atoms with Crippen LogP contribution in [0.1, 0.15) is 77.0 Å². The number of likely N-dealkylation sites (tertiary alicyclic amines) is 1. The third-order valence-electron chi connectivity index (χ3n) is 6.58. The van der Waals surface area contributed by atoms with Crippen LogP contribution in [0.25, 0.3) is 0 Å². The third-order valence-corrected chi connectivity index (χ3v) is 6.58. The molecule has 36 heavy (non-hydrogen) atoms. The van der Waals surface area contributed by atoms with Crippen LogP contribution < -0.4 is 0 Å². The van der Waals surface area contributed by atoms with Gasteiger partial charge in [-0.15, -0.1) is 10.1 Å². The van der Waals surface area contributed by atoms with E-state index in [4.69, 9.17) is 9.68 Å². The highest BCUT2D eigenvalue weighted by Crippen LogP contribution is 2.40. The van der Waals surface area contributed by atoms with Gasteiger partial charge in [0, 0.05) is 51.6 Å². The number of unbranched alkanes of at least 4 members (excludes halogenated alkanes) is 2. The number of amides is 5. The number of hydroxylamine groups is 4. The fourth-order valence-corrected chi connectivity index (χ4v) is 4.50. The molecule has 0 aromatic rings. The lowest BCUT2D eigenvalue weighted by Crippen LogP contribution is -2.46. The predicted molar refractivity (Wildman–Crippen MR) is 116 cm³/mol. The average Bonchev–Trinajstić information content (AvgIpc) is 3.32. The number of hydrogen-bond acceptors (Lipinski definition) is 10. The first-order valence-electron chi connectivity index (χ1n) is 12.0. The molecule has 0 N–H and O–H groups in total. The Hall–Kier alpha value is -3.64. The summed E-state index contributed by atoms with van der Waals surface area (Å²) < 4.78 is 0. The summed E-state index contributed by atoms with van der Waals surface area (Å²) in [7, 11) is 0. The first-order chi connectivity index (χ1) is 17.1. The Morgan fingerprint density at radius 3 is 1.61 bits per heavy atom. The predicted octanol–water partition coefficient (Wildman–Crippen LogP) is 0.349. The summed E-state index contributed by atoms with van der Waals surface area (Å²) in [5.41, 5.74) is -1.04. The molecule has 0 saturated carbocycles. The maximum atomic E-state index is 12.7. The van der Waals surface area contributed by atoms with E-state index in [0.29, 0.717) is 29.4 Å². The first kappa shape index (κ1) is 27.0. The summed E-state index contributed by atoms with van der Waals surface area (Å²) in [6.07, 6.45) is 2.08. The molecule has 0 unspecified atom stereocenters. The van der Waals surface area contributed by atoms with E-state index in [9.17, 15) is 38.4 Å². The summed E-state index contributed by atoms with van der Waals surface area (Å²) in [6, 6.07) is 0. The molecule has 0 spiro atoms. The molecule has 5 amide bonds. The van der Waals surface area contributed by atoms with Gasteiger partial charge >= 0.3 is 11.9 Å². The van der Waals surface area contributed by atoms with Crippen molar-refractivity contribution in [3.05, 3.63) is 0 Å². The highest BCUT2D eigenvalue weighted by molar-refractivity contribution is 6.02. The Balaban J connectivity index is 1.64. The van der Waals surface area contributed by atoms with Crippen molar-refractivity contribution in [2.24, 2.45) is 5.41 Å². The van der Waals surface area contributed by atoms with E-state index in [0.717, 1.165) is 6.29 Å². The number of piperidine rings is 1. The van der Waals surface area contributed by atoms with Gasteiger partial charge in [0.15, 0.2) is 0 Å². The van der Waals surface area contributed by atoms with Crippen molar-refractivity contribution >= 4 is 47.8 Å². The van der Waals surface area contributed by atoms with Crippen molar-refractivity contribution in [1.29, 1.82) is 0 Å². The average molecular weight is 507 g/mol. The Kier molecular flexibility index (Phi) is 8.88. The monoisotopic (exact) mass is 507 g/mol. The molecule has 3 aliphatic rings. The highest BCUT2D eigenvalue weighted by atomic mass is 16.7. The van der Waals surface area contributed by atoms with Crippen LogP contribution >= 0.6 is 0 Å². The number of nitrogens with zero attached hydrogens (tertiary/aromatic N) is 3. The molecule has 13 heteroatoms. The molecule has 0 aliphatic carbocycles. The van der Waals surface area contributed by atoms with Crippen LogP contribution in [0.5, 0.6) is 0 Å². The van der Waals surface area contributed by atoms with Crippen LogP contribution in [0.3, 0.4) is 0 Å². The largest absolute Gasteiger partial charge is 0.343 e. The number of carbonyl (C=O) groups is 8. The Morgan fingerprint density at radius 1 is 0.750 bits per heavy atom. The maximum absolute atomic E-state index is 12.7. The molecule has 3 aliphatic heterocycles. The quantitative estimate of drug-likeness (QED) is 0.216. The minimum Gasteiger partial charge on any atom is -0.343 e. The lowest BCUT2D eigenvalue weighted by Gasteiger charge is -2.41. The van der Waals surface area contributed by atoms with Gasteiger partial charge in [0.25, 0.3) is 23.6 Å². The van der Waals surface area contributed by atoms with Crippen LogP contribution in [0.2, 0.25) is 0 Å².